The van der Waals surface area contributed by atoms with Gasteiger partial charge in [-0.2, -0.15) is 0 Å². The summed E-state index contributed by atoms with van der Waals surface area (Å²) in [5, 5.41) is 17.2. The second kappa shape index (κ2) is 5.15. The zero-order chi connectivity index (χ0) is 13.3. The van der Waals surface area contributed by atoms with Gasteiger partial charge in [-0.25, -0.2) is 0 Å². The van der Waals surface area contributed by atoms with Gasteiger partial charge in [0.1, 0.15) is 5.82 Å². The van der Waals surface area contributed by atoms with Crippen molar-refractivity contribution in [1.82, 2.24) is 14.8 Å². The fraction of sp³-hybridized carbons (Fsp3) is 0.769. The SMILES string of the molecule is N=C(N)CC1(CSc2nnc3n2CCCCC3)CC1. The lowest BCUT2D eigenvalue weighted by molar-refractivity contribution is 0.583. The van der Waals surface area contributed by atoms with Crippen LogP contribution in [0.5, 0.6) is 0 Å². The number of nitrogens with two attached hydrogens (primary N) is 1. The van der Waals surface area contributed by atoms with E-state index < -0.39 is 0 Å². The Kier molecular flexibility index (Phi) is 3.52. The molecule has 19 heavy (non-hydrogen) atoms. The summed E-state index contributed by atoms with van der Waals surface area (Å²) in [6, 6.07) is 0. The predicted molar refractivity (Wildman–Crippen MR) is 76.5 cm³/mol. The van der Waals surface area contributed by atoms with Crippen molar-refractivity contribution < 1.29 is 0 Å². The molecule has 0 bridgehead atoms. The first-order valence-corrected chi connectivity index (χ1v) is 8.05. The summed E-state index contributed by atoms with van der Waals surface area (Å²) in [6.07, 6.45) is 7.95. The van der Waals surface area contributed by atoms with Gasteiger partial charge in [0.2, 0.25) is 0 Å². The third-order valence-corrected chi connectivity index (χ3v) is 5.42. The van der Waals surface area contributed by atoms with Gasteiger partial charge in [0.25, 0.3) is 0 Å². The van der Waals surface area contributed by atoms with Crippen molar-refractivity contribution in [3.8, 4) is 0 Å². The largest absolute Gasteiger partial charge is 0.388 e. The van der Waals surface area contributed by atoms with Gasteiger partial charge in [-0.15, -0.1) is 10.2 Å². The fourth-order valence-electron chi connectivity index (χ4n) is 2.74. The van der Waals surface area contributed by atoms with Gasteiger partial charge in [0, 0.05) is 25.1 Å². The van der Waals surface area contributed by atoms with E-state index in [2.05, 4.69) is 14.8 Å². The van der Waals surface area contributed by atoms with Crippen molar-refractivity contribution in [2.45, 2.75) is 56.6 Å². The molecule has 1 saturated carbocycles. The molecular formula is C13H21N5S. The smallest absolute Gasteiger partial charge is 0.191 e. The van der Waals surface area contributed by atoms with Crippen LogP contribution in [0.3, 0.4) is 0 Å². The van der Waals surface area contributed by atoms with E-state index >= 15 is 0 Å². The molecule has 6 heteroatoms. The Labute approximate surface area is 117 Å². The molecular weight excluding hydrogens is 258 g/mol. The van der Waals surface area contributed by atoms with E-state index in [-0.39, 0.29) is 5.41 Å². The summed E-state index contributed by atoms with van der Waals surface area (Å²) in [7, 11) is 0. The number of thioether (sulfide) groups is 1. The van der Waals surface area contributed by atoms with E-state index in [1.165, 1.54) is 32.1 Å². The molecule has 5 nitrogen and oxygen atoms in total. The van der Waals surface area contributed by atoms with E-state index in [1.54, 1.807) is 11.8 Å². The Morgan fingerprint density at radius 1 is 1.32 bits per heavy atom. The summed E-state index contributed by atoms with van der Waals surface area (Å²) in [5.41, 5.74) is 5.81. The summed E-state index contributed by atoms with van der Waals surface area (Å²) < 4.78 is 2.29. The minimum Gasteiger partial charge on any atom is -0.388 e. The molecule has 0 radical (unpaired) electrons. The van der Waals surface area contributed by atoms with Crippen LogP contribution in [-0.2, 0) is 13.0 Å². The highest BCUT2D eigenvalue weighted by atomic mass is 32.2. The molecule has 3 N–H and O–H groups in total. The quantitative estimate of drug-likeness (QED) is 0.492. The predicted octanol–water partition coefficient (Wildman–Crippen LogP) is 2.20. The number of nitrogens with zero attached hydrogens (tertiary/aromatic N) is 3. The monoisotopic (exact) mass is 279 g/mol. The minimum atomic E-state index is 0.271. The topological polar surface area (TPSA) is 80.6 Å². The van der Waals surface area contributed by atoms with Gasteiger partial charge in [0.05, 0.1) is 5.84 Å². The maximum atomic E-state index is 7.46. The average Bonchev–Trinajstić information content (AvgIpc) is 3.07. The summed E-state index contributed by atoms with van der Waals surface area (Å²) in [6.45, 7) is 1.06. The lowest BCUT2D eigenvalue weighted by atomic mass is 10.1. The van der Waals surface area contributed by atoms with Gasteiger partial charge in [-0.1, -0.05) is 18.2 Å². The van der Waals surface area contributed by atoms with Crippen molar-refractivity contribution in [2.24, 2.45) is 11.1 Å². The number of nitrogens with one attached hydrogen (secondary N) is 1. The molecule has 0 aromatic carbocycles. The number of fused-ring (bicyclic) bond motifs is 1. The number of amidine groups is 1. The molecule has 2 heterocycles. The van der Waals surface area contributed by atoms with Crippen LogP contribution in [0, 0.1) is 10.8 Å². The van der Waals surface area contributed by atoms with Crippen molar-refractivity contribution in [3.05, 3.63) is 5.82 Å². The standard InChI is InChI=1S/C13H21N5S/c14-10(15)8-13(5-6-13)9-19-12-17-16-11-4-2-1-3-7-18(11)12/h1-9H2,(H3,14,15). The average molecular weight is 279 g/mol. The van der Waals surface area contributed by atoms with Crippen molar-refractivity contribution in [1.29, 1.82) is 5.41 Å². The van der Waals surface area contributed by atoms with Gasteiger partial charge < -0.3 is 10.3 Å². The fourth-order valence-corrected chi connectivity index (χ4v) is 4.01. The van der Waals surface area contributed by atoms with Gasteiger partial charge in [-0.3, -0.25) is 5.41 Å². The lowest BCUT2D eigenvalue weighted by Crippen LogP contribution is -2.18. The molecule has 0 saturated heterocycles. The number of aryl methyl sites for hydroxylation is 1. The van der Waals surface area contributed by atoms with Crippen LogP contribution in [-0.4, -0.2) is 26.4 Å². The Balaban J connectivity index is 1.64. The first-order valence-electron chi connectivity index (χ1n) is 7.06. The van der Waals surface area contributed by atoms with Crippen molar-refractivity contribution in [3.63, 3.8) is 0 Å². The van der Waals surface area contributed by atoms with Crippen LogP contribution in [0.4, 0.5) is 0 Å². The lowest BCUT2D eigenvalue weighted by Gasteiger charge is -2.13. The zero-order valence-corrected chi connectivity index (χ0v) is 12.0. The molecule has 1 aliphatic carbocycles. The second-order valence-electron chi connectivity index (χ2n) is 5.85. The Morgan fingerprint density at radius 3 is 2.89 bits per heavy atom. The van der Waals surface area contributed by atoms with E-state index in [4.69, 9.17) is 11.1 Å². The number of aromatic nitrogens is 3. The maximum absolute atomic E-state index is 7.46. The van der Waals surface area contributed by atoms with Crippen LogP contribution in [0.2, 0.25) is 0 Å². The summed E-state index contributed by atoms with van der Waals surface area (Å²) >= 11 is 1.80. The number of rotatable bonds is 5. The van der Waals surface area contributed by atoms with E-state index in [1.807, 2.05) is 0 Å². The highest BCUT2D eigenvalue weighted by molar-refractivity contribution is 7.99. The van der Waals surface area contributed by atoms with Gasteiger partial charge in [0.15, 0.2) is 5.16 Å². The maximum Gasteiger partial charge on any atom is 0.191 e. The molecule has 2 aliphatic rings. The Morgan fingerprint density at radius 2 is 2.16 bits per heavy atom. The third kappa shape index (κ3) is 2.94. The molecule has 0 unspecified atom stereocenters. The van der Waals surface area contributed by atoms with E-state index in [9.17, 15) is 0 Å². The minimum absolute atomic E-state index is 0.271. The first-order chi connectivity index (χ1) is 9.19. The molecule has 0 atom stereocenters. The van der Waals surface area contributed by atoms with Crippen LogP contribution in [0.1, 0.15) is 44.3 Å². The molecule has 1 aromatic heterocycles. The molecule has 0 spiro atoms. The number of hydrogen-bond donors (Lipinski definition) is 2. The van der Waals surface area contributed by atoms with Crippen LogP contribution in [0.25, 0.3) is 0 Å². The second-order valence-corrected chi connectivity index (χ2v) is 6.79. The van der Waals surface area contributed by atoms with E-state index in [0.717, 1.165) is 36.1 Å². The Hall–Kier alpha value is -1.04. The van der Waals surface area contributed by atoms with Crippen molar-refractivity contribution >= 4 is 17.6 Å². The summed E-state index contributed by atoms with van der Waals surface area (Å²) in [5.74, 6) is 2.49. The first kappa shape index (κ1) is 13.0. The van der Waals surface area contributed by atoms with E-state index in [0.29, 0.717) is 5.84 Å². The molecule has 1 aromatic rings. The molecule has 104 valence electrons. The van der Waals surface area contributed by atoms with Crippen LogP contribution in [0.15, 0.2) is 5.16 Å². The van der Waals surface area contributed by atoms with Crippen LogP contribution < -0.4 is 5.73 Å². The third-order valence-electron chi connectivity index (χ3n) is 4.11. The molecule has 0 amide bonds. The van der Waals surface area contributed by atoms with Gasteiger partial charge in [-0.05, 0) is 31.1 Å². The Bertz CT molecular complexity index is 477. The number of hydrogen-bond acceptors (Lipinski definition) is 4. The molecule has 3 rings (SSSR count). The summed E-state index contributed by atoms with van der Waals surface area (Å²) in [4.78, 5) is 0. The molecule has 1 fully saturated rings. The molecule has 1 aliphatic heterocycles. The zero-order valence-electron chi connectivity index (χ0n) is 11.2. The normalized spacial score (nSPS) is 20.6. The highest BCUT2D eigenvalue weighted by Gasteiger charge is 2.43. The van der Waals surface area contributed by atoms with Gasteiger partial charge >= 0.3 is 0 Å². The van der Waals surface area contributed by atoms with Crippen molar-refractivity contribution in [2.75, 3.05) is 5.75 Å². The highest BCUT2D eigenvalue weighted by Crippen LogP contribution is 2.51. The van der Waals surface area contributed by atoms with Crippen LogP contribution >= 0.6 is 11.8 Å².